The van der Waals surface area contributed by atoms with Crippen molar-refractivity contribution in [2.75, 3.05) is 20.3 Å². The molecule has 0 radical (unpaired) electrons. The Morgan fingerprint density at radius 1 is 1.67 bits per heavy atom. The maximum absolute atomic E-state index is 11.5. The predicted octanol–water partition coefficient (Wildman–Crippen LogP) is 1.79. The molecule has 0 fully saturated rings. The molecule has 0 aliphatic heterocycles. The molecule has 0 aromatic rings. The highest BCUT2D eigenvalue weighted by Crippen LogP contribution is 2.11. The van der Waals surface area contributed by atoms with Crippen LogP contribution in [0.4, 0.5) is 4.79 Å². The summed E-state index contributed by atoms with van der Waals surface area (Å²) in [6.07, 6.45) is 3.63. The summed E-state index contributed by atoms with van der Waals surface area (Å²) in [5.74, 6) is 0. The van der Waals surface area contributed by atoms with Crippen LogP contribution in [0.2, 0.25) is 0 Å². The molecule has 0 bridgehead atoms. The van der Waals surface area contributed by atoms with Crippen LogP contribution in [0.15, 0.2) is 12.7 Å². The van der Waals surface area contributed by atoms with E-state index in [-0.39, 0.29) is 18.7 Å². The van der Waals surface area contributed by atoms with Crippen LogP contribution in [-0.2, 0) is 4.74 Å². The lowest BCUT2D eigenvalue weighted by Crippen LogP contribution is -2.40. The van der Waals surface area contributed by atoms with Gasteiger partial charge < -0.3 is 14.7 Å². The number of ether oxygens (including phenoxy) is 1. The summed E-state index contributed by atoms with van der Waals surface area (Å²) in [5.41, 5.74) is 0. The molecule has 4 nitrogen and oxygen atoms in total. The van der Waals surface area contributed by atoms with Crippen molar-refractivity contribution in [3.05, 3.63) is 12.7 Å². The third-order valence-corrected chi connectivity index (χ3v) is 2.32. The van der Waals surface area contributed by atoms with Gasteiger partial charge >= 0.3 is 6.09 Å². The van der Waals surface area contributed by atoms with Gasteiger partial charge in [0.1, 0.15) is 0 Å². The van der Waals surface area contributed by atoms with Crippen molar-refractivity contribution in [3.8, 4) is 0 Å². The predicted molar refractivity (Wildman–Crippen MR) is 59.7 cm³/mol. The van der Waals surface area contributed by atoms with Gasteiger partial charge in [-0.2, -0.15) is 0 Å². The lowest BCUT2D eigenvalue weighted by Gasteiger charge is -2.29. The van der Waals surface area contributed by atoms with Crippen LogP contribution in [0.25, 0.3) is 0 Å². The van der Waals surface area contributed by atoms with Gasteiger partial charge in [-0.15, -0.1) is 6.58 Å². The van der Waals surface area contributed by atoms with E-state index < -0.39 is 0 Å². The molecule has 88 valence electrons. The average molecular weight is 215 g/mol. The van der Waals surface area contributed by atoms with Crippen molar-refractivity contribution < 1.29 is 14.6 Å². The molecule has 1 unspecified atom stereocenters. The van der Waals surface area contributed by atoms with E-state index in [1.54, 1.807) is 11.0 Å². The van der Waals surface area contributed by atoms with Crippen molar-refractivity contribution in [3.63, 3.8) is 0 Å². The minimum atomic E-state index is -0.336. The lowest BCUT2D eigenvalue weighted by molar-refractivity contribution is 0.0996. The summed E-state index contributed by atoms with van der Waals surface area (Å²) >= 11 is 0. The van der Waals surface area contributed by atoms with E-state index in [1.807, 2.05) is 6.92 Å². The first-order chi connectivity index (χ1) is 7.21. The minimum absolute atomic E-state index is 0.0814. The number of carbonyl (C=O) groups is 1. The highest BCUT2D eigenvalue weighted by atomic mass is 16.5. The zero-order chi connectivity index (χ0) is 11.7. The van der Waals surface area contributed by atoms with E-state index in [1.165, 1.54) is 7.11 Å². The van der Waals surface area contributed by atoms with Crippen molar-refractivity contribution >= 4 is 6.09 Å². The zero-order valence-electron chi connectivity index (χ0n) is 9.61. The van der Waals surface area contributed by atoms with E-state index >= 15 is 0 Å². The van der Waals surface area contributed by atoms with Crippen molar-refractivity contribution in [1.29, 1.82) is 0 Å². The van der Waals surface area contributed by atoms with Gasteiger partial charge in [-0.3, -0.25) is 0 Å². The fourth-order valence-electron chi connectivity index (χ4n) is 1.49. The molecule has 0 aromatic heterocycles. The fourth-order valence-corrected chi connectivity index (χ4v) is 1.49. The van der Waals surface area contributed by atoms with Crippen LogP contribution in [0.3, 0.4) is 0 Å². The standard InChI is InChI=1S/C11H21NO3/c1-4-7-10(5-2)12(8-6-9-13)11(14)15-3/h4,10,13H,1,5-9H2,2-3H3. The number of aliphatic hydroxyl groups excluding tert-OH is 1. The van der Waals surface area contributed by atoms with E-state index in [9.17, 15) is 4.79 Å². The molecular weight excluding hydrogens is 194 g/mol. The lowest BCUT2D eigenvalue weighted by atomic mass is 10.1. The Labute approximate surface area is 91.5 Å². The SMILES string of the molecule is C=CCC(CC)N(CCCO)C(=O)OC. The Hall–Kier alpha value is -1.03. The van der Waals surface area contributed by atoms with Gasteiger partial charge in [0.15, 0.2) is 0 Å². The molecule has 0 saturated carbocycles. The van der Waals surface area contributed by atoms with Gasteiger partial charge in [0.2, 0.25) is 0 Å². The second-order valence-electron chi connectivity index (χ2n) is 3.33. The Morgan fingerprint density at radius 3 is 2.73 bits per heavy atom. The highest BCUT2D eigenvalue weighted by molar-refractivity contribution is 5.67. The summed E-state index contributed by atoms with van der Waals surface area (Å²) in [7, 11) is 1.37. The van der Waals surface area contributed by atoms with Crippen LogP contribution in [0.1, 0.15) is 26.2 Å². The molecule has 0 aliphatic rings. The molecule has 0 rings (SSSR count). The van der Waals surface area contributed by atoms with Crippen molar-refractivity contribution in [2.24, 2.45) is 0 Å². The third-order valence-electron chi connectivity index (χ3n) is 2.32. The number of rotatable bonds is 7. The minimum Gasteiger partial charge on any atom is -0.453 e. The second-order valence-corrected chi connectivity index (χ2v) is 3.33. The first-order valence-electron chi connectivity index (χ1n) is 5.27. The van der Waals surface area contributed by atoms with Gasteiger partial charge in [0.25, 0.3) is 0 Å². The summed E-state index contributed by atoms with van der Waals surface area (Å²) in [4.78, 5) is 13.1. The third kappa shape index (κ3) is 4.83. The molecule has 4 heteroatoms. The van der Waals surface area contributed by atoms with E-state index in [2.05, 4.69) is 6.58 Å². The quantitative estimate of drug-likeness (QED) is 0.659. The van der Waals surface area contributed by atoms with Crippen LogP contribution in [0.5, 0.6) is 0 Å². The molecule has 1 amide bonds. The summed E-state index contributed by atoms with van der Waals surface area (Å²) in [6, 6.07) is 0.112. The van der Waals surface area contributed by atoms with Crippen LogP contribution in [0, 0.1) is 0 Å². The number of hydrogen-bond donors (Lipinski definition) is 1. The second kappa shape index (κ2) is 8.29. The Bertz CT molecular complexity index is 194. The molecule has 1 N–H and O–H groups in total. The molecule has 0 spiro atoms. The largest absolute Gasteiger partial charge is 0.453 e. The number of aliphatic hydroxyl groups is 1. The monoisotopic (exact) mass is 215 g/mol. The van der Waals surface area contributed by atoms with Crippen molar-refractivity contribution in [2.45, 2.75) is 32.2 Å². The van der Waals surface area contributed by atoms with Gasteiger partial charge in [-0.05, 0) is 19.3 Å². The molecule has 0 aliphatic carbocycles. The molecule has 0 heterocycles. The molecular formula is C11H21NO3. The molecule has 15 heavy (non-hydrogen) atoms. The fraction of sp³-hybridized carbons (Fsp3) is 0.727. The number of hydrogen-bond acceptors (Lipinski definition) is 3. The van der Waals surface area contributed by atoms with Crippen LogP contribution in [-0.4, -0.2) is 42.4 Å². The first kappa shape index (κ1) is 14.0. The van der Waals surface area contributed by atoms with Gasteiger partial charge in [-0.25, -0.2) is 4.79 Å². The summed E-state index contributed by atoms with van der Waals surface area (Å²) < 4.78 is 4.71. The number of methoxy groups -OCH3 is 1. The van der Waals surface area contributed by atoms with E-state index in [0.29, 0.717) is 13.0 Å². The Kier molecular flexibility index (Phi) is 7.72. The number of carbonyl (C=O) groups excluding carboxylic acids is 1. The van der Waals surface area contributed by atoms with Gasteiger partial charge in [0.05, 0.1) is 7.11 Å². The van der Waals surface area contributed by atoms with Crippen LogP contribution < -0.4 is 0 Å². The summed E-state index contributed by atoms with van der Waals surface area (Å²) in [5, 5.41) is 8.76. The smallest absolute Gasteiger partial charge is 0.409 e. The zero-order valence-corrected chi connectivity index (χ0v) is 9.61. The van der Waals surface area contributed by atoms with E-state index in [0.717, 1.165) is 12.8 Å². The van der Waals surface area contributed by atoms with Crippen molar-refractivity contribution in [1.82, 2.24) is 4.90 Å². The topological polar surface area (TPSA) is 49.8 Å². The van der Waals surface area contributed by atoms with E-state index in [4.69, 9.17) is 9.84 Å². The number of nitrogens with zero attached hydrogens (tertiary/aromatic N) is 1. The number of amides is 1. The maximum Gasteiger partial charge on any atom is 0.409 e. The van der Waals surface area contributed by atoms with Crippen LogP contribution >= 0.6 is 0 Å². The molecule has 0 saturated heterocycles. The molecule has 1 atom stereocenters. The Morgan fingerprint density at radius 2 is 2.33 bits per heavy atom. The normalized spacial score (nSPS) is 11.9. The maximum atomic E-state index is 11.5. The summed E-state index contributed by atoms with van der Waals surface area (Å²) in [6.45, 7) is 6.29. The Balaban J connectivity index is 4.41. The average Bonchev–Trinajstić information content (AvgIpc) is 2.27. The van der Waals surface area contributed by atoms with Gasteiger partial charge in [0, 0.05) is 19.2 Å². The highest BCUT2D eigenvalue weighted by Gasteiger charge is 2.21. The van der Waals surface area contributed by atoms with Gasteiger partial charge in [-0.1, -0.05) is 13.0 Å². The first-order valence-corrected chi connectivity index (χ1v) is 5.27. The molecule has 0 aromatic carbocycles.